The Labute approximate surface area is 403 Å². The highest BCUT2D eigenvalue weighted by molar-refractivity contribution is 5.78. The van der Waals surface area contributed by atoms with E-state index in [1.54, 1.807) is 0 Å². The number of ketones is 1. The molecule has 64 heavy (non-hydrogen) atoms. The van der Waals surface area contributed by atoms with Gasteiger partial charge in [-0.05, 0) is 25.7 Å². The average Bonchev–Trinajstić information content (AvgIpc) is 3.29. The molecule has 0 fully saturated rings. The van der Waals surface area contributed by atoms with E-state index in [2.05, 4.69) is 19.2 Å². The molecule has 0 saturated heterocycles. The van der Waals surface area contributed by atoms with Gasteiger partial charge in [0.15, 0.2) is 0 Å². The molecule has 0 bridgehead atoms. The summed E-state index contributed by atoms with van der Waals surface area (Å²) in [6, 6.07) is 0. The third-order valence-electron chi connectivity index (χ3n) is 14.3. The van der Waals surface area contributed by atoms with Gasteiger partial charge < -0.3 is 10.4 Å². The van der Waals surface area contributed by atoms with Gasteiger partial charge in [0.25, 0.3) is 0 Å². The lowest BCUT2D eigenvalue weighted by Crippen LogP contribution is -2.31. The minimum atomic E-state index is -0.390. The van der Waals surface area contributed by atoms with E-state index in [4.69, 9.17) is 0 Å². The van der Waals surface area contributed by atoms with E-state index in [0.717, 1.165) is 51.4 Å². The Morgan fingerprint density at radius 2 is 0.500 bits per heavy atom. The first-order valence-corrected chi connectivity index (χ1v) is 30.1. The zero-order chi connectivity index (χ0) is 46.3. The maximum Gasteiger partial charge on any atom is 0.220 e. The van der Waals surface area contributed by atoms with Crippen molar-refractivity contribution in [3.8, 4) is 0 Å². The molecule has 1 atom stereocenters. The minimum Gasteiger partial charge on any atom is -0.391 e. The summed E-state index contributed by atoms with van der Waals surface area (Å²) >= 11 is 0. The van der Waals surface area contributed by atoms with Gasteiger partial charge in [-0.1, -0.05) is 316 Å². The van der Waals surface area contributed by atoms with E-state index in [9.17, 15) is 14.7 Å². The van der Waals surface area contributed by atoms with Crippen molar-refractivity contribution in [1.29, 1.82) is 0 Å². The number of amides is 1. The molecule has 0 aromatic rings. The summed E-state index contributed by atoms with van der Waals surface area (Å²) < 4.78 is 0. The molecule has 0 aromatic heterocycles. The third kappa shape index (κ3) is 55.4. The van der Waals surface area contributed by atoms with Crippen molar-refractivity contribution in [3.63, 3.8) is 0 Å². The molecule has 0 heterocycles. The predicted octanol–water partition coefficient (Wildman–Crippen LogP) is 20.1. The number of rotatable bonds is 57. The largest absolute Gasteiger partial charge is 0.391 e. The maximum absolute atomic E-state index is 12.2. The van der Waals surface area contributed by atoms with Crippen molar-refractivity contribution in [2.75, 3.05) is 6.54 Å². The topological polar surface area (TPSA) is 66.4 Å². The van der Waals surface area contributed by atoms with Crippen LogP contribution in [0, 0.1) is 0 Å². The number of hydrogen-bond donors (Lipinski definition) is 2. The van der Waals surface area contributed by atoms with Crippen LogP contribution in [0.25, 0.3) is 0 Å². The molecular weight excluding hydrogens is 783 g/mol. The summed E-state index contributed by atoms with van der Waals surface area (Å²) in [7, 11) is 0. The Bertz CT molecular complexity index is 890. The van der Waals surface area contributed by atoms with E-state index >= 15 is 0 Å². The zero-order valence-electron chi connectivity index (χ0n) is 44.2. The van der Waals surface area contributed by atoms with Crippen LogP contribution < -0.4 is 5.32 Å². The Morgan fingerprint density at radius 3 is 0.750 bits per heavy atom. The normalized spacial score (nSPS) is 12.0. The van der Waals surface area contributed by atoms with Gasteiger partial charge in [0.05, 0.1) is 6.10 Å². The lowest BCUT2D eigenvalue weighted by Gasteiger charge is -2.12. The highest BCUT2D eigenvalue weighted by Gasteiger charge is 2.08. The molecular formula is C60H119NO3. The van der Waals surface area contributed by atoms with Gasteiger partial charge in [-0.3, -0.25) is 9.59 Å². The first kappa shape index (κ1) is 63.1. The monoisotopic (exact) mass is 902 g/mol. The van der Waals surface area contributed by atoms with Crippen LogP contribution in [0.3, 0.4) is 0 Å². The summed E-state index contributed by atoms with van der Waals surface area (Å²) in [5, 5.41) is 13.2. The number of Topliss-reactive ketones (excluding diaryl/α,β-unsaturated/α-hetero) is 1. The molecule has 0 saturated carbocycles. The minimum absolute atomic E-state index is 0.116. The Balaban J connectivity index is 3.22. The summed E-state index contributed by atoms with van der Waals surface area (Å²) in [6.45, 7) is 4.99. The van der Waals surface area contributed by atoms with E-state index in [1.807, 2.05) is 0 Å². The Hall–Kier alpha value is -0.900. The van der Waals surface area contributed by atoms with Gasteiger partial charge in [0, 0.05) is 25.8 Å². The Morgan fingerprint density at radius 1 is 0.297 bits per heavy atom. The molecule has 0 radical (unpaired) electrons. The number of aliphatic hydroxyl groups is 1. The van der Waals surface area contributed by atoms with Gasteiger partial charge >= 0.3 is 0 Å². The van der Waals surface area contributed by atoms with Gasteiger partial charge in [-0.2, -0.15) is 0 Å². The van der Waals surface area contributed by atoms with Crippen molar-refractivity contribution in [1.82, 2.24) is 5.32 Å². The Kier molecular flexibility index (Phi) is 55.6. The lowest BCUT2D eigenvalue weighted by molar-refractivity contribution is -0.121. The molecule has 0 aliphatic rings. The molecule has 0 spiro atoms. The second kappa shape index (κ2) is 56.4. The second-order valence-corrected chi connectivity index (χ2v) is 21.0. The fourth-order valence-electron chi connectivity index (χ4n) is 9.78. The molecule has 382 valence electrons. The van der Waals surface area contributed by atoms with Crippen LogP contribution in [0.2, 0.25) is 0 Å². The molecule has 4 nitrogen and oxygen atoms in total. The predicted molar refractivity (Wildman–Crippen MR) is 285 cm³/mol. The average molecular weight is 903 g/mol. The molecule has 1 amide bonds. The van der Waals surface area contributed by atoms with Crippen molar-refractivity contribution in [2.45, 2.75) is 367 Å². The summed E-state index contributed by atoms with van der Waals surface area (Å²) in [4.78, 5) is 24.4. The maximum atomic E-state index is 12.2. The van der Waals surface area contributed by atoms with E-state index < -0.39 is 6.10 Å². The summed E-state index contributed by atoms with van der Waals surface area (Å²) in [5.74, 6) is 0.635. The zero-order valence-corrected chi connectivity index (χ0v) is 44.2. The van der Waals surface area contributed by atoms with Crippen molar-refractivity contribution < 1.29 is 14.7 Å². The molecule has 0 unspecified atom stereocenters. The molecule has 2 N–H and O–H groups in total. The first-order chi connectivity index (χ1) is 31.6. The van der Waals surface area contributed by atoms with Crippen molar-refractivity contribution >= 4 is 11.7 Å². The SMILES string of the molecule is CCCCCCCCCCCCCCCC[C@@H](O)CNC(=O)CCCCCCCCCCCCCCCCCCCCCCCCCCCCCC(=O)CCCCCCCCCCC. The number of carbonyl (C=O) groups excluding carboxylic acids is 2. The quantitative estimate of drug-likeness (QED) is 0.0598. The van der Waals surface area contributed by atoms with Gasteiger partial charge in [-0.25, -0.2) is 0 Å². The third-order valence-corrected chi connectivity index (χ3v) is 14.3. The van der Waals surface area contributed by atoms with Gasteiger partial charge in [-0.15, -0.1) is 0 Å². The van der Waals surface area contributed by atoms with Gasteiger partial charge in [0.1, 0.15) is 5.78 Å². The number of aliphatic hydroxyl groups excluding tert-OH is 1. The van der Waals surface area contributed by atoms with E-state index in [1.165, 1.54) is 289 Å². The van der Waals surface area contributed by atoms with Crippen LogP contribution >= 0.6 is 0 Å². The van der Waals surface area contributed by atoms with Crippen LogP contribution in [0.15, 0.2) is 0 Å². The van der Waals surface area contributed by atoms with Crippen LogP contribution in [0.5, 0.6) is 0 Å². The van der Waals surface area contributed by atoms with Crippen molar-refractivity contribution in [3.05, 3.63) is 0 Å². The molecule has 0 aliphatic carbocycles. The molecule has 4 heteroatoms. The second-order valence-electron chi connectivity index (χ2n) is 21.0. The molecule has 0 rings (SSSR count). The molecule has 0 aliphatic heterocycles. The first-order valence-electron chi connectivity index (χ1n) is 30.1. The van der Waals surface area contributed by atoms with E-state index in [-0.39, 0.29) is 5.91 Å². The fourth-order valence-corrected chi connectivity index (χ4v) is 9.78. The standard InChI is InChI=1S/C60H119NO3/c1-3-5-7-9-11-13-14-15-31-35-39-43-47-51-55-59(63)57-61-60(64)56-52-48-44-40-36-33-30-28-26-24-22-20-18-16-17-19-21-23-25-27-29-32-34-38-42-46-50-54-58(62)53-49-45-41-37-12-10-8-6-4-2/h59,63H,3-57H2,1-2H3,(H,61,64)/t59-/m1/s1. The summed E-state index contributed by atoms with van der Waals surface area (Å²) in [6.07, 6.45) is 70.4. The smallest absolute Gasteiger partial charge is 0.220 e. The number of unbranched alkanes of at least 4 members (excludes halogenated alkanes) is 47. The number of carbonyl (C=O) groups is 2. The van der Waals surface area contributed by atoms with Crippen molar-refractivity contribution in [2.24, 2.45) is 0 Å². The number of hydrogen-bond acceptors (Lipinski definition) is 3. The highest BCUT2D eigenvalue weighted by atomic mass is 16.3. The van der Waals surface area contributed by atoms with Crippen LogP contribution in [-0.4, -0.2) is 29.4 Å². The highest BCUT2D eigenvalue weighted by Crippen LogP contribution is 2.18. The lowest BCUT2D eigenvalue weighted by atomic mass is 10.0. The van der Waals surface area contributed by atoms with Gasteiger partial charge in [0.2, 0.25) is 5.91 Å². The fraction of sp³-hybridized carbons (Fsp3) is 0.967. The summed E-state index contributed by atoms with van der Waals surface area (Å²) in [5.41, 5.74) is 0. The molecule has 0 aromatic carbocycles. The number of nitrogens with one attached hydrogen (secondary N) is 1. The van der Waals surface area contributed by atoms with Crippen LogP contribution in [0.1, 0.15) is 361 Å². The van der Waals surface area contributed by atoms with Crippen LogP contribution in [0.4, 0.5) is 0 Å². The van der Waals surface area contributed by atoms with E-state index in [0.29, 0.717) is 18.7 Å². The van der Waals surface area contributed by atoms with Crippen LogP contribution in [-0.2, 0) is 9.59 Å².